The summed E-state index contributed by atoms with van der Waals surface area (Å²) in [5, 5.41) is 17.6. The molecule has 3 N–H and O–H groups in total. The molecule has 0 aromatic carbocycles. The third-order valence-electron chi connectivity index (χ3n) is 3.51. The highest BCUT2D eigenvalue weighted by molar-refractivity contribution is 7.99. The Kier molecular flexibility index (Phi) is 3.78. The molecule has 21 heavy (non-hydrogen) atoms. The van der Waals surface area contributed by atoms with Gasteiger partial charge in [0.25, 0.3) is 0 Å². The van der Waals surface area contributed by atoms with Gasteiger partial charge in [0.15, 0.2) is 11.0 Å². The molecular weight excluding hydrogens is 288 g/mol. The summed E-state index contributed by atoms with van der Waals surface area (Å²) in [5.41, 5.74) is 8.73. The van der Waals surface area contributed by atoms with E-state index in [9.17, 15) is 0 Å². The summed E-state index contributed by atoms with van der Waals surface area (Å²) >= 11 is 1.37. The second kappa shape index (κ2) is 5.72. The van der Waals surface area contributed by atoms with Crippen LogP contribution in [-0.4, -0.2) is 30.8 Å². The first kappa shape index (κ1) is 13.9. The molecular formula is C13H16N6OS. The SMILES string of the molecule is Cn1ncnc1Sc1nc2c(cc1C(N)=NO)CCCC2. The number of amidine groups is 1. The molecule has 1 aliphatic rings. The van der Waals surface area contributed by atoms with E-state index in [1.54, 1.807) is 4.68 Å². The summed E-state index contributed by atoms with van der Waals surface area (Å²) in [6.45, 7) is 0. The molecule has 8 heteroatoms. The second-order valence-corrected chi connectivity index (χ2v) is 5.86. The van der Waals surface area contributed by atoms with Crippen molar-refractivity contribution < 1.29 is 5.21 Å². The van der Waals surface area contributed by atoms with Crippen LogP contribution in [0.5, 0.6) is 0 Å². The summed E-state index contributed by atoms with van der Waals surface area (Å²) < 4.78 is 1.67. The maximum absolute atomic E-state index is 8.99. The first-order valence-corrected chi connectivity index (χ1v) is 7.53. The number of nitrogens with zero attached hydrogens (tertiary/aromatic N) is 5. The fraction of sp³-hybridized carbons (Fsp3) is 0.385. The molecule has 3 rings (SSSR count). The van der Waals surface area contributed by atoms with Crippen LogP contribution < -0.4 is 5.73 Å². The van der Waals surface area contributed by atoms with Crippen LogP contribution in [0.4, 0.5) is 0 Å². The smallest absolute Gasteiger partial charge is 0.192 e. The van der Waals surface area contributed by atoms with E-state index >= 15 is 0 Å². The Morgan fingerprint density at radius 1 is 1.43 bits per heavy atom. The summed E-state index contributed by atoms with van der Waals surface area (Å²) in [4.78, 5) is 8.89. The third kappa shape index (κ3) is 2.71. The molecule has 2 aromatic heterocycles. The van der Waals surface area contributed by atoms with Gasteiger partial charge < -0.3 is 10.9 Å². The van der Waals surface area contributed by atoms with Gasteiger partial charge in [-0.15, -0.1) is 0 Å². The van der Waals surface area contributed by atoms with Crippen molar-refractivity contribution in [1.82, 2.24) is 19.7 Å². The minimum absolute atomic E-state index is 0.0699. The molecule has 0 aliphatic heterocycles. The van der Waals surface area contributed by atoms with Crippen molar-refractivity contribution in [3.63, 3.8) is 0 Å². The van der Waals surface area contributed by atoms with Gasteiger partial charge in [-0.25, -0.2) is 14.6 Å². The van der Waals surface area contributed by atoms with Crippen LogP contribution >= 0.6 is 11.8 Å². The molecule has 110 valence electrons. The largest absolute Gasteiger partial charge is 0.409 e. The Balaban J connectivity index is 2.06. The number of fused-ring (bicyclic) bond motifs is 1. The summed E-state index contributed by atoms with van der Waals surface area (Å²) in [5.74, 6) is 0.0699. The minimum atomic E-state index is 0.0699. The normalized spacial score (nSPS) is 15.0. The molecule has 2 aromatic rings. The van der Waals surface area contributed by atoms with E-state index in [4.69, 9.17) is 15.9 Å². The lowest BCUT2D eigenvalue weighted by molar-refractivity contribution is 0.318. The van der Waals surface area contributed by atoms with Crippen LogP contribution in [0.15, 0.2) is 27.7 Å². The van der Waals surface area contributed by atoms with Crippen molar-refractivity contribution in [3.05, 3.63) is 29.2 Å². The lowest BCUT2D eigenvalue weighted by Crippen LogP contribution is -2.18. The van der Waals surface area contributed by atoms with Gasteiger partial charge in [-0.1, -0.05) is 5.16 Å². The molecule has 0 saturated heterocycles. The Bertz CT molecular complexity index is 696. The standard InChI is InChI=1S/C13H16N6OS/c1-19-13(15-7-16-19)21-12-9(11(14)18-20)6-8-4-2-3-5-10(8)17-12/h6-7,20H,2-5H2,1H3,(H2,14,18). The van der Waals surface area contributed by atoms with Crippen LogP contribution in [0.25, 0.3) is 0 Å². The van der Waals surface area contributed by atoms with E-state index in [1.165, 1.54) is 23.7 Å². The monoisotopic (exact) mass is 304 g/mol. The molecule has 0 unspecified atom stereocenters. The van der Waals surface area contributed by atoms with E-state index in [0.717, 1.165) is 31.4 Å². The maximum Gasteiger partial charge on any atom is 0.192 e. The number of nitrogens with two attached hydrogens (primary N) is 1. The topological polar surface area (TPSA) is 102 Å². The molecule has 0 saturated carbocycles. The number of pyridine rings is 1. The van der Waals surface area contributed by atoms with Gasteiger partial charge in [-0.05, 0) is 49.1 Å². The maximum atomic E-state index is 8.99. The number of oxime groups is 1. The zero-order chi connectivity index (χ0) is 14.8. The Hall–Kier alpha value is -2.09. The lowest BCUT2D eigenvalue weighted by Gasteiger charge is -2.17. The molecule has 1 aliphatic carbocycles. The zero-order valence-electron chi connectivity index (χ0n) is 11.7. The van der Waals surface area contributed by atoms with Crippen LogP contribution in [0.3, 0.4) is 0 Å². The number of hydrogen-bond acceptors (Lipinski definition) is 6. The number of hydrogen-bond donors (Lipinski definition) is 2. The molecule has 7 nitrogen and oxygen atoms in total. The summed E-state index contributed by atoms with van der Waals surface area (Å²) in [6.07, 6.45) is 5.75. The minimum Gasteiger partial charge on any atom is -0.409 e. The van der Waals surface area contributed by atoms with Crippen molar-refractivity contribution in [2.24, 2.45) is 17.9 Å². The fourth-order valence-corrected chi connectivity index (χ4v) is 3.28. The molecule has 0 amide bonds. The van der Waals surface area contributed by atoms with Gasteiger partial charge in [0.1, 0.15) is 11.4 Å². The summed E-state index contributed by atoms with van der Waals surface area (Å²) in [7, 11) is 1.82. The highest BCUT2D eigenvalue weighted by Gasteiger charge is 2.19. The molecule has 0 bridgehead atoms. The van der Waals surface area contributed by atoms with Crippen LogP contribution in [0, 0.1) is 0 Å². The van der Waals surface area contributed by atoms with Gasteiger partial charge in [0.05, 0.1) is 5.56 Å². The number of aryl methyl sites for hydroxylation is 3. The van der Waals surface area contributed by atoms with Crippen molar-refractivity contribution in [3.8, 4) is 0 Å². The van der Waals surface area contributed by atoms with E-state index in [0.29, 0.717) is 15.7 Å². The average molecular weight is 304 g/mol. The van der Waals surface area contributed by atoms with Crippen LogP contribution in [0.2, 0.25) is 0 Å². The first-order valence-electron chi connectivity index (χ1n) is 6.71. The first-order chi connectivity index (χ1) is 10.2. The van der Waals surface area contributed by atoms with Crippen LogP contribution in [0.1, 0.15) is 29.7 Å². The van der Waals surface area contributed by atoms with E-state index < -0.39 is 0 Å². The highest BCUT2D eigenvalue weighted by Crippen LogP contribution is 2.30. The van der Waals surface area contributed by atoms with E-state index in [2.05, 4.69) is 15.2 Å². The van der Waals surface area contributed by atoms with Gasteiger partial charge in [0.2, 0.25) is 0 Å². The number of aromatic nitrogens is 4. The lowest BCUT2D eigenvalue weighted by atomic mass is 9.95. The Morgan fingerprint density at radius 3 is 2.95 bits per heavy atom. The third-order valence-corrected chi connectivity index (χ3v) is 4.56. The fourth-order valence-electron chi connectivity index (χ4n) is 2.39. The van der Waals surface area contributed by atoms with Gasteiger partial charge in [-0.2, -0.15) is 5.10 Å². The van der Waals surface area contributed by atoms with Crippen molar-refractivity contribution in [1.29, 1.82) is 0 Å². The highest BCUT2D eigenvalue weighted by atomic mass is 32.2. The van der Waals surface area contributed by atoms with Gasteiger partial charge in [-0.3, -0.25) is 0 Å². The quantitative estimate of drug-likeness (QED) is 0.384. The molecule has 0 fully saturated rings. The average Bonchev–Trinajstić information content (AvgIpc) is 2.91. The number of rotatable bonds is 3. The molecule has 0 radical (unpaired) electrons. The van der Waals surface area contributed by atoms with E-state index in [1.807, 2.05) is 13.1 Å². The second-order valence-electron chi connectivity index (χ2n) is 4.91. The predicted octanol–water partition coefficient (Wildman–Crippen LogP) is 1.33. The Morgan fingerprint density at radius 2 is 2.24 bits per heavy atom. The van der Waals surface area contributed by atoms with Crippen molar-refractivity contribution in [2.45, 2.75) is 35.9 Å². The zero-order valence-corrected chi connectivity index (χ0v) is 12.5. The van der Waals surface area contributed by atoms with E-state index in [-0.39, 0.29) is 5.84 Å². The van der Waals surface area contributed by atoms with Crippen LogP contribution in [-0.2, 0) is 19.9 Å². The predicted molar refractivity (Wildman–Crippen MR) is 78.5 cm³/mol. The molecule has 2 heterocycles. The molecule has 0 atom stereocenters. The van der Waals surface area contributed by atoms with Gasteiger partial charge in [0, 0.05) is 12.7 Å². The van der Waals surface area contributed by atoms with Gasteiger partial charge >= 0.3 is 0 Å². The Labute approximate surface area is 126 Å². The van der Waals surface area contributed by atoms with Crippen molar-refractivity contribution in [2.75, 3.05) is 0 Å². The van der Waals surface area contributed by atoms with Crippen molar-refractivity contribution >= 4 is 17.6 Å². The summed E-state index contributed by atoms with van der Waals surface area (Å²) in [6, 6.07) is 1.98. The molecule has 0 spiro atoms.